The Kier molecular flexibility index (Phi) is 5.16. The predicted octanol–water partition coefficient (Wildman–Crippen LogP) is 2.98. The smallest absolute Gasteiger partial charge is 0.273 e. The van der Waals surface area contributed by atoms with E-state index in [1.54, 1.807) is 4.83 Å². The van der Waals surface area contributed by atoms with Crippen LogP contribution in [0, 0.1) is 0 Å². The summed E-state index contributed by atoms with van der Waals surface area (Å²) in [6, 6.07) is 8.61. The first-order valence-electron chi connectivity index (χ1n) is 6.34. The Bertz CT molecular complexity index is 852. The minimum Gasteiger partial charge on any atom is -0.273 e. The Morgan fingerprint density at radius 2 is 1.67 bits per heavy atom. The van der Waals surface area contributed by atoms with E-state index in [1.807, 2.05) is 5.43 Å². The second-order valence-electron chi connectivity index (χ2n) is 4.59. The van der Waals surface area contributed by atoms with Gasteiger partial charge in [0.05, 0.1) is 10.5 Å². The van der Waals surface area contributed by atoms with Crippen molar-refractivity contribution in [1.29, 1.82) is 0 Å². The van der Waals surface area contributed by atoms with E-state index in [9.17, 15) is 26.4 Å². The first-order chi connectivity index (χ1) is 11.1. The summed E-state index contributed by atoms with van der Waals surface area (Å²) < 4.78 is 61.3. The molecule has 0 atom stereocenters. The lowest BCUT2D eigenvalue weighted by Gasteiger charge is -2.10. The van der Waals surface area contributed by atoms with Gasteiger partial charge in [-0.15, -0.1) is 4.83 Å². The predicted molar refractivity (Wildman–Crippen MR) is 80.7 cm³/mol. The minimum absolute atomic E-state index is 0.109. The molecule has 0 unspecified atom stereocenters. The van der Waals surface area contributed by atoms with Crippen molar-refractivity contribution in [2.75, 3.05) is 0 Å². The maximum atomic E-state index is 12.5. The topological polar surface area (TPSA) is 75.3 Å². The number of alkyl halides is 3. The largest absolute Gasteiger partial charge is 0.416 e. The van der Waals surface area contributed by atoms with Crippen molar-refractivity contribution in [3.8, 4) is 0 Å². The molecule has 24 heavy (non-hydrogen) atoms. The van der Waals surface area contributed by atoms with Crippen LogP contribution in [0.4, 0.5) is 13.2 Å². The Morgan fingerprint density at radius 1 is 1.04 bits per heavy atom. The van der Waals surface area contributed by atoms with Crippen molar-refractivity contribution >= 4 is 27.5 Å². The molecule has 0 heterocycles. The average Bonchev–Trinajstić information content (AvgIpc) is 2.52. The van der Waals surface area contributed by atoms with Gasteiger partial charge in [0.25, 0.3) is 15.9 Å². The van der Waals surface area contributed by atoms with Crippen LogP contribution in [0.25, 0.3) is 0 Å². The van der Waals surface area contributed by atoms with Crippen LogP contribution >= 0.6 is 11.6 Å². The maximum Gasteiger partial charge on any atom is 0.416 e. The molecule has 0 aliphatic rings. The third-order valence-electron chi connectivity index (χ3n) is 2.88. The highest BCUT2D eigenvalue weighted by Gasteiger charge is 2.30. The van der Waals surface area contributed by atoms with E-state index < -0.39 is 32.6 Å². The van der Waals surface area contributed by atoms with Gasteiger partial charge in [-0.2, -0.15) is 13.2 Å². The summed E-state index contributed by atoms with van der Waals surface area (Å²) >= 11 is 5.72. The first-order valence-corrected chi connectivity index (χ1v) is 8.21. The second kappa shape index (κ2) is 6.80. The highest BCUT2D eigenvalue weighted by molar-refractivity contribution is 7.89. The van der Waals surface area contributed by atoms with Gasteiger partial charge in [0.2, 0.25) is 0 Å². The molecular weight excluding hydrogens is 369 g/mol. The molecule has 2 aromatic rings. The SMILES string of the molecule is O=C(NNS(=O)(=O)c1ccc(C(F)(F)F)cc1)c1cccc(Cl)c1. The highest BCUT2D eigenvalue weighted by atomic mass is 35.5. The molecule has 2 N–H and O–H groups in total. The number of sulfonamides is 1. The van der Waals surface area contributed by atoms with E-state index in [-0.39, 0.29) is 10.6 Å². The molecule has 0 fully saturated rings. The van der Waals surface area contributed by atoms with E-state index in [0.29, 0.717) is 12.1 Å². The monoisotopic (exact) mass is 378 g/mol. The number of benzene rings is 2. The van der Waals surface area contributed by atoms with Crippen LogP contribution in [0.5, 0.6) is 0 Å². The fourth-order valence-electron chi connectivity index (χ4n) is 1.70. The van der Waals surface area contributed by atoms with Crippen molar-refractivity contribution in [1.82, 2.24) is 10.3 Å². The molecule has 0 bridgehead atoms. The highest BCUT2D eigenvalue weighted by Crippen LogP contribution is 2.29. The lowest BCUT2D eigenvalue weighted by molar-refractivity contribution is -0.137. The molecule has 2 aromatic carbocycles. The number of amides is 1. The molecule has 0 aliphatic carbocycles. The molecule has 10 heteroatoms. The third-order valence-corrected chi connectivity index (χ3v) is 4.38. The first kappa shape index (κ1) is 18.2. The molecular formula is C14H10ClF3N2O3S. The van der Waals surface area contributed by atoms with Gasteiger partial charge in [-0.1, -0.05) is 17.7 Å². The third kappa shape index (κ3) is 4.47. The molecule has 5 nitrogen and oxygen atoms in total. The fraction of sp³-hybridized carbons (Fsp3) is 0.0714. The molecule has 0 radical (unpaired) electrons. The number of halogens is 4. The van der Waals surface area contributed by atoms with Crippen LogP contribution in [-0.4, -0.2) is 14.3 Å². The second-order valence-corrected chi connectivity index (χ2v) is 6.71. The summed E-state index contributed by atoms with van der Waals surface area (Å²) in [6.45, 7) is 0. The average molecular weight is 379 g/mol. The molecule has 0 saturated heterocycles. The Balaban J connectivity index is 2.10. The molecule has 0 aliphatic heterocycles. The lowest BCUT2D eigenvalue weighted by Crippen LogP contribution is -2.41. The van der Waals surface area contributed by atoms with Gasteiger partial charge in [-0.25, -0.2) is 8.42 Å². The number of hydrogen-bond donors (Lipinski definition) is 2. The number of hydrogen-bond acceptors (Lipinski definition) is 3. The van der Waals surface area contributed by atoms with Gasteiger partial charge in [-0.05, 0) is 42.5 Å². The van der Waals surface area contributed by atoms with Crippen LogP contribution in [0.15, 0.2) is 53.4 Å². The van der Waals surface area contributed by atoms with Crippen LogP contribution < -0.4 is 10.3 Å². The molecule has 2 rings (SSSR count). The quantitative estimate of drug-likeness (QED) is 0.803. The van der Waals surface area contributed by atoms with E-state index in [2.05, 4.69) is 0 Å². The Hall–Kier alpha value is -2.10. The van der Waals surface area contributed by atoms with Gasteiger partial charge < -0.3 is 0 Å². The minimum atomic E-state index is -4.57. The van der Waals surface area contributed by atoms with Crippen LogP contribution in [0.3, 0.4) is 0 Å². The number of rotatable bonds is 4. The van der Waals surface area contributed by atoms with Crippen molar-refractivity contribution in [2.45, 2.75) is 11.1 Å². The normalized spacial score (nSPS) is 12.0. The zero-order valence-corrected chi connectivity index (χ0v) is 13.3. The molecule has 0 spiro atoms. The lowest BCUT2D eigenvalue weighted by atomic mass is 10.2. The van der Waals surface area contributed by atoms with Crippen molar-refractivity contribution in [3.63, 3.8) is 0 Å². The molecule has 0 aromatic heterocycles. The zero-order chi connectivity index (χ0) is 18.0. The van der Waals surface area contributed by atoms with Crippen LogP contribution in [0.1, 0.15) is 15.9 Å². The van der Waals surface area contributed by atoms with E-state index in [4.69, 9.17) is 11.6 Å². The van der Waals surface area contributed by atoms with E-state index in [0.717, 1.165) is 12.1 Å². The molecule has 0 saturated carbocycles. The fourth-order valence-corrected chi connectivity index (χ4v) is 2.73. The number of hydrazine groups is 1. The summed E-state index contributed by atoms with van der Waals surface area (Å²) in [5.41, 5.74) is 1.08. The van der Waals surface area contributed by atoms with Crippen molar-refractivity contribution in [2.24, 2.45) is 0 Å². The number of nitrogens with one attached hydrogen (secondary N) is 2. The standard InChI is InChI=1S/C14H10ClF3N2O3S/c15-11-3-1-2-9(8-11)13(21)19-20-24(22,23)12-6-4-10(5-7-12)14(16,17)18/h1-8,20H,(H,19,21). The van der Waals surface area contributed by atoms with Crippen molar-refractivity contribution < 1.29 is 26.4 Å². The van der Waals surface area contributed by atoms with Gasteiger partial charge in [0.1, 0.15) is 0 Å². The van der Waals surface area contributed by atoms with Gasteiger partial charge >= 0.3 is 6.18 Å². The number of carbonyl (C=O) groups excluding carboxylic acids is 1. The number of carbonyl (C=O) groups is 1. The Morgan fingerprint density at radius 3 is 2.21 bits per heavy atom. The van der Waals surface area contributed by atoms with Gasteiger partial charge in [-0.3, -0.25) is 10.2 Å². The van der Waals surface area contributed by atoms with Crippen LogP contribution in [-0.2, 0) is 16.2 Å². The summed E-state index contributed by atoms with van der Waals surface area (Å²) in [5, 5.41) is 0.285. The maximum absolute atomic E-state index is 12.5. The van der Waals surface area contributed by atoms with Crippen molar-refractivity contribution in [3.05, 3.63) is 64.7 Å². The van der Waals surface area contributed by atoms with E-state index in [1.165, 1.54) is 24.3 Å². The van der Waals surface area contributed by atoms with Gasteiger partial charge in [0.15, 0.2) is 0 Å². The van der Waals surface area contributed by atoms with E-state index >= 15 is 0 Å². The summed E-state index contributed by atoms with van der Waals surface area (Å²) in [7, 11) is -4.22. The summed E-state index contributed by atoms with van der Waals surface area (Å²) in [5.74, 6) is -0.770. The molecule has 1 amide bonds. The Labute approximate surface area is 140 Å². The van der Waals surface area contributed by atoms with Crippen LogP contribution in [0.2, 0.25) is 5.02 Å². The van der Waals surface area contributed by atoms with Gasteiger partial charge in [0, 0.05) is 10.6 Å². The summed E-state index contributed by atoms with van der Waals surface area (Å²) in [6.07, 6.45) is -4.57. The summed E-state index contributed by atoms with van der Waals surface area (Å²) in [4.78, 5) is 13.2. The molecule has 128 valence electrons. The zero-order valence-electron chi connectivity index (χ0n) is 11.8.